The van der Waals surface area contributed by atoms with Gasteiger partial charge < -0.3 is 5.32 Å². The minimum atomic E-state index is 0.129. The lowest BCUT2D eigenvalue weighted by atomic mass is 9.97. The molecule has 0 aliphatic carbocycles. The Kier molecular flexibility index (Phi) is 4.61. The van der Waals surface area contributed by atoms with E-state index in [2.05, 4.69) is 36.5 Å². The van der Waals surface area contributed by atoms with E-state index >= 15 is 0 Å². The molecule has 2 rings (SSSR count). The molecule has 0 aliphatic rings. The first-order chi connectivity index (χ1) is 9.15. The van der Waals surface area contributed by atoms with Crippen molar-refractivity contribution in [2.24, 2.45) is 0 Å². The van der Waals surface area contributed by atoms with Crippen molar-refractivity contribution in [2.75, 3.05) is 7.05 Å². The maximum Gasteiger partial charge on any atom is 0.0608 e. The molecule has 102 valence electrons. The summed E-state index contributed by atoms with van der Waals surface area (Å²) < 4.78 is 1.99. The van der Waals surface area contributed by atoms with Gasteiger partial charge in [-0.05, 0) is 43.7 Å². The van der Waals surface area contributed by atoms with E-state index in [1.807, 2.05) is 30.1 Å². The van der Waals surface area contributed by atoms with Crippen molar-refractivity contribution >= 4 is 11.6 Å². The number of nitrogens with one attached hydrogen (secondary N) is 1. The Balaban J connectivity index is 2.35. The second-order valence-corrected chi connectivity index (χ2v) is 5.20. The van der Waals surface area contributed by atoms with Crippen molar-refractivity contribution in [3.8, 4) is 0 Å². The summed E-state index contributed by atoms with van der Waals surface area (Å²) in [6.45, 7) is 5.20. The van der Waals surface area contributed by atoms with Crippen LogP contribution in [-0.4, -0.2) is 16.8 Å². The van der Waals surface area contributed by atoms with E-state index in [4.69, 9.17) is 11.6 Å². The van der Waals surface area contributed by atoms with Gasteiger partial charge in [0.2, 0.25) is 0 Å². The first kappa shape index (κ1) is 14.1. The van der Waals surface area contributed by atoms with Gasteiger partial charge >= 0.3 is 0 Å². The molecule has 1 atom stereocenters. The third-order valence-corrected chi connectivity index (χ3v) is 3.52. The first-order valence-electron chi connectivity index (χ1n) is 6.61. The fourth-order valence-corrected chi connectivity index (χ4v) is 2.48. The molecule has 4 heteroatoms. The predicted octanol–water partition coefficient (Wildman–Crippen LogP) is 3.56. The highest BCUT2D eigenvalue weighted by Gasteiger charge is 2.16. The van der Waals surface area contributed by atoms with E-state index in [0.29, 0.717) is 0 Å². The van der Waals surface area contributed by atoms with Crippen LogP contribution in [0.15, 0.2) is 30.6 Å². The molecule has 0 amide bonds. The van der Waals surface area contributed by atoms with Crippen LogP contribution in [0.1, 0.15) is 36.1 Å². The highest BCUT2D eigenvalue weighted by atomic mass is 35.5. The Morgan fingerprint density at radius 1 is 1.42 bits per heavy atom. The van der Waals surface area contributed by atoms with Crippen molar-refractivity contribution in [3.63, 3.8) is 0 Å². The lowest BCUT2D eigenvalue weighted by Gasteiger charge is -2.17. The largest absolute Gasteiger partial charge is 0.309 e. The number of hydrogen-bond acceptors (Lipinski definition) is 2. The Hall–Kier alpha value is -1.32. The molecule has 3 nitrogen and oxygen atoms in total. The smallest absolute Gasteiger partial charge is 0.0608 e. The summed E-state index contributed by atoms with van der Waals surface area (Å²) >= 11 is 6.11. The number of aryl methyl sites for hydroxylation is 2. The van der Waals surface area contributed by atoms with E-state index in [1.165, 1.54) is 16.7 Å². The Bertz CT molecular complexity index is 548. The topological polar surface area (TPSA) is 29.9 Å². The molecule has 2 aromatic rings. The summed E-state index contributed by atoms with van der Waals surface area (Å²) in [5.41, 5.74) is 3.60. The molecule has 0 fully saturated rings. The molecule has 0 saturated heterocycles. The molecule has 1 heterocycles. The van der Waals surface area contributed by atoms with Crippen molar-refractivity contribution in [1.29, 1.82) is 0 Å². The van der Waals surface area contributed by atoms with Gasteiger partial charge in [0.15, 0.2) is 0 Å². The SMILES string of the molecule is CCCn1cc(C(NC)c2cc(Cl)ccc2C)cn1. The van der Waals surface area contributed by atoms with E-state index < -0.39 is 0 Å². The van der Waals surface area contributed by atoms with Gasteiger partial charge in [-0.25, -0.2) is 0 Å². The molecule has 0 bridgehead atoms. The first-order valence-corrected chi connectivity index (χ1v) is 6.99. The lowest BCUT2D eigenvalue weighted by Crippen LogP contribution is -2.18. The summed E-state index contributed by atoms with van der Waals surface area (Å²) in [7, 11) is 1.96. The number of nitrogens with zero attached hydrogens (tertiary/aromatic N) is 2. The van der Waals surface area contributed by atoms with Gasteiger partial charge in [-0.1, -0.05) is 24.6 Å². The van der Waals surface area contributed by atoms with E-state index in [1.54, 1.807) is 0 Å². The normalized spacial score (nSPS) is 12.6. The van der Waals surface area contributed by atoms with E-state index in [0.717, 1.165) is 18.0 Å². The maximum absolute atomic E-state index is 6.11. The third kappa shape index (κ3) is 3.17. The average Bonchev–Trinajstić information content (AvgIpc) is 2.83. The van der Waals surface area contributed by atoms with Crippen molar-refractivity contribution < 1.29 is 0 Å². The monoisotopic (exact) mass is 277 g/mol. The Labute approximate surface area is 119 Å². The van der Waals surface area contributed by atoms with Crippen LogP contribution in [0.4, 0.5) is 0 Å². The van der Waals surface area contributed by atoms with Gasteiger partial charge in [0, 0.05) is 23.3 Å². The second kappa shape index (κ2) is 6.22. The van der Waals surface area contributed by atoms with Crippen LogP contribution >= 0.6 is 11.6 Å². The summed E-state index contributed by atoms with van der Waals surface area (Å²) in [4.78, 5) is 0. The number of rotatable bonds is 5. The highest BCUT2D eigenvalue weighted by Crippen LogP contribution is 2.26. The second-order valence-electron chi connectivity index (χ2n) is 4.76. The molecule has 1 aromatic carbocycles. The summed E-state index contributed by atoms with van der Waals surface area (Å²) in [5.74, 6) is 0. The summed E-state index contributed by atoms with van der Waals surface area (Å²) in [6, 6.07) is 6.13. The average molecular weight is 278 g/mol. The number of hydrogen-bond donors (Lipinski definition) is 1. The van der Waals surface area contributed by atoms with Crippen LogP contribution in [0.2, 0.25) is 5.02 Å². The molecule has 1 aromatic heterocycles. The summed E-state index contributed by atoms with van der Waals surface area (Å²) in [6.07, 6.45) is 5.11. The maximum atomic E-state index is 6.11. The zero-order chi connectivity index (χ0) is 13.8. The standard InChI is InChI=1S/C15H20ClN3/c1-4-7-19-10-12(9-18-19)15(17-3)14-8-13(16)6-5-11(14)2/h5-6,8-10,15,17H,4,7H2,1-3H3. The zero-order valence-electron chi connectivity index (χ0n) is 11.7. The number of halogens is 1. The predicted molar refractivity (Wildman–Crippen MR) is 79.6 cm³/mol. The molecule has 0 aliphatic heterocycles. The zero-order valence-corrected chi connectivity index (χ0v) is 12.4. The van der Waals surface area contributed by atoms with E-state index in [-0.39, 0.29) is 6.04 Å². The van der Waals surface area contributed by atoms with Gasteiger partial charge in [0.1, 0.15) is 0 Å². The Morgan fingerprint density at radius 3 is 2.89 bits per heavy atom. The van der Waals surface area contributed by atoms with Gasteiger partial charge in [-0.2, -0.15) is 5.10 Å². The minimum Gasteiger partial charge on any atom is -0.309 e. The van der Waals surface area contributed by atoms with Crippen molar-refractivity contribution in [2.45, 2.75) is 32.9 Å². The van der Waals surface area contributed by atoms with Gasteiger partial charge in [0.05, 0.1) is 12.2 Å². The third-order valence-electron chi connectivity index (χ3n) is 3.28. The van der Waals surface area contributed by atoms with Crippen LogP contribution in [0, 0.1) is 6.92 Å². The van der Waals surface area contributed by atoms with Crippen LogP contribution in [0.3, 0.4) is 0 Å². The number of benzene rings is 1. The molecule has 0 saturated carbocycles. The van der Waals surface area contributed by atoms with Gasteiger partial charge in [-0.3, -0.25) is 4.68 Å². The molecule has 1 N–H and O–H groups in total. The minimum absolute atomic E-state index is 0.129. The lowest BCUT2D eigenvalue weighted by molar-refractivity contribution is 0.600. The molecule has 0 spiro atoms. The fourth-order valence-electron chi connectivity index (χ4n) is 2.30. The van der Waals surface area contributed by atoms with Crippen molar-refractivity contribution in [1.82, 2.24) is 15.1 Å². The van der Waals surface area contributed by atoms with Crippen LogP contribution in [0.25, 0.3) is 0 Å². The highest BCUT2D eigenvalue weighted by molar-refractivity contribution is 6.30. The molecule has 19 heavy (non-hydrogen) atoms. The molecular weight excluding hydrogens is 258 g/mol. The summed E-state index contributed by atoms with van der Waals surface area (Å²) in [5, 5.41) is 8.51. The van der Waals surface area contributed by atoms with E-state index in [9.17, 15) is 0 Å². The van der Waals surface area contributed by atoms with Crippen LogP contribution in [0.5, 0.6) is 0 Å². The van der Waals surface area contributed by atoms with Gasteiger partial charge in [0.25, 0.3) is 0 Å². The molecular formula is C15H20ClN3. The molecule has 1 unspecified atom stereocenters. The van der Waals surface area contributed by atoms with Gasteiger partial charge in [-0.15, -0.1) is 0 Å². The fraction of sp³-hybridized carbons (Fsp3) is 0.400. The van der Waals surface area contributed by atoms with Crippen LogP contribution in [-0.2, 0) is 6.54 Å². The Morgan fingerprint density at radius 2 is 2.21 bits per heavy atom. The van der Waals surface area contributed by atoms with Crippen molar-refractivity contribution in [3.05, 3.63) is 52.3 Å². The van der Waals surface area contributed by atoms with Crippen LogP contribution < -0.4 is 5.32 Å². The molecule has 0 radical (unpaired) electrons. The number of aromatic nitrogens is 2. The quantitative estimate of drug-likeness (QED) is 0.906.